The molecule has 1 radical (unpaired) electrons. The number of rotatable bonds is 11. The lowest BCUT2D eigenvalue weighted by Gasteiger charge is -2.08. The number of benzene rings is 1. The third-order valence-electron chi connectivity index (χ3n) is 3.06. The largest absolute Gasteiger partial charge is 0.493 e. The van der Waals surface area contributed by atoms with Crippen LogP contribution < -0.4 is 4.74 Å². The Bertz CT molecular complexity index is 496. The van der Waals surface area contributed by atoms with Gasteiger partial charge in [-0.2, -0.15) is 0 Å². The van der Waals surface area contributed by atoms with E-state index in [1.807, 2.05) is 0 Å². The summed E-state index contributed by atoms with van der Waals surface area (Å²) in [4.78, 5) is 21.7. The Kier molecular flexibility index (Phi) is 8.42. The molecular weight excluding hydrogens is 284 g/mol. The predicted molar refractivity (Wildman–Crippen MR) is 81.2 cm³/mol. The fourth-order valence-electron chi connectivity index (χ4n) is 1.91. The normalized spacial score (nSPS) is 10.0. The van der Waals surface area contributed by atoms with Crippen LogP contribution in [-0.4, -0.2) is 25.2 Å². The van der Waals surface area contributed by atoms with Crippen LogP contribution in [0.5, 0.6) is 5.75 Å². The van der Waals surface area contributed by atoms with Crippen LogP contribution in [0.1, 0.15) is 42.5 Å². The molecule has 0 amide bonds. The van der Waals surface area contributed by atoms with E-state index in [1.54, 1.807) is 18.2 Å². The van der Waals surface area contributed by atoms with Gasteiger partial charge in [0.2, 0.25) is 0 Å². The van der Waals surface area contributed by atoms with E-state index in [-0.39, 0.29) is 11.5 Å². The number of esters is 1. The van der Waals surface area contributed by atoms with E-state index in [9.17, 15) is 14.7 Å². The second kappa shape index (κ2) is 10.4. The lowest BCUT2D eigenvalue weighted by molar-refractivity contribution is -0.137. The highest BCUT2D eigenvalue weighted by atomic mass is 16.5. The number of carbonyl (C=O) groups is 2. The topological polar surface area (TPSA) is 72.5 Å². The lowest BCUT2D eigenvalue weighted by atomic mass is 10.1. The van der Waals surface area contributed by atoms with E-state index < -0.39 is 5.97 Å². The van der Waals surface area contributed by atoms with Gasteiger partial charge in [0.1, 0.15) is 11.3 Å². The third-order valence-corrected chi connectivity index (χ3v) is 3.06. The van der Waals surface area contributed by atoms with E-state index in [2.05, 4.69) is 6.58 Å². The molecular formula is C17H21O5. The Hall–Kier alpha value is -2.30. The smallest absolute Gasteiger partial charge is 0.390 e. The fraction of sp³-hybridized carbons (Fsp3) is 0.412. The van der Waals surface area contributed by atoms with Crippen LogP contribution in [0.15, 0.2) is 36.9 Å². The third kappa shape index (κ3) is 6.92. The minimum atomic E-state index is -1.23. The zero-order valence-corrected chi connectivity index (χ0v) is 12.6. The molecule has 119 valence electrons. The van der Waals surface area contributed by atoms with E-state index in [0.29, 0.717) is 19.0 Å². The van der Waals surface area contributed by atoms with Crippen LogP contribution in [-0.2, 0) is 14.6 Å². The van der Waals surface area contributed by atoms with E-state index in [4.69, 9.17) is 9.47 Å². The molecule has 0 atom stereocenters. The highest BCUT2D eigenvalue weighted by Crippen LogP contribution is 2.18. The molecule has 0 N–H and O–H groups in total. The summed E-state index contributed by atoms with van der Waals surface area (Å²) < 4.78 is 10.3. The Labute approximate surface area is 130 Å². The summed E-state index contributed by atoms with van der Waals surface area (Å²) in [7, 11) is 0. The summed E-state index contributed by atoms with van der Waals surface area (Å²) in [5.74, 6) is -1.27. The molecule has 1 rings (SSSR count). The second-order valence-electron chi connectivity index (χ2n) is 4.77. The zero-order valence-electron chi connectivity index (χ0n) is 12.6. The van der Waals surface area contributed by atoms with Gasteiger partial charge in [0.15, 0.2) is 0 Å². The molecule has 0 aliphatic heterocycles. The molecule has 0 spiro atoms. The average Bonchev–Trinajstić information content (AvgIpc) is 2.53. The highest BCUT2D eigenvalue weighted by molar-refractivity contribution is 5.90. The second-order valence-corrected chi connectivity index (χ2v) is 4.77. The maximum absolute atomic E-state index is 10.9. The average molecular weight is 305 g/mol. The first kappa shape index (κ1) is 17.8. The van der Waals surface area contributed by atoms with Crippen LogP contribution in [0.25, 0.3) is 0 Å². The van der Waals surface area contributed by atoms with Gasteiger partial charge in [-0.15, -0.1) is 0 Å². The summed E-state index contributed by atoms with van der Waals surface area (Å²) in [5, 5.41) is 10.9. The van der Waals surface area contributed by atoms with Gasteiger partial charge in [0.25, 0.3) is 0 Å². The summed E-state index contributed by atoms with van der Waals surface area (Å²) in [6, 6.07) is 6.46. The fourth-order valence-corrected chi connectivity index (χ4v) is 1.91. The molecule has 1 aromatic carbocycles. The van der Waals surface area contributed by atoms with Gasteiger partial charge in [-0.1, -0.05) is 38.0 Å². The first-order chi connectivity index (χ1) is 10.6. The van der Waals surface area contributed by atoms with Crippen LogP contribution in [0.3, 0.4) is 0 Å². The van der Waals surface area contributed by atoms with Crippen molar-refractivity contribution >= 4 is 11.9 Å². The van der Waals surface area contributed by atoms with Gasteiger partial charge in [-0.3, -0.25) is 0 Å². The maximum Gasteiger partial charge on any atom is 0.390 e. The van der Waals surface area contributed by atoms with E-state index >= 15 is 0 Å². The van der Waals surface area contributed by atoms with Gasteiger partial charge in [0.05, 0.1) is 13.2 Å². The molecule has 0 fully saturated rings. The molecule has 0 saturated heterocycles. The van der Waals surface area contributed by atoms with E-state index in [1.165, 1.54) is 6.07 Å². The number of para-hydroxylation sites is 1. The number of ether oxygens (including phenoxy) is 2. The minimum Gasteiger partial charge on any atom is -0.493 e. The first-order valence-electron chi connectivity index (χ1n) is 7.37. The van der Waals surface area contributed by atoms with Crippen molar-refractivity contribution in [1.82, 2.24) is 0 Å². The highest BCUT2D eigenvalue weighted by Gasteiger charge is 2.11. The van der Waals surface area contributed by atoms with Crippen molar-refractivity contribution in [3.8, 4) is 5.75 Å². The molecule has 0 aliphatic rings. The van der Waals surface area contributed by atoms with Crippen LogP contribution in [0.4, 0.5) is 0 Å². The first-order valence-corrected chi connectivity index (χ1v) is 7.37. The Balaban J connectivity index is 2.08. The molecule has 0 heterocycles. The molecule has 0 aliphatic carbocycles. The quantitative estimate of drug-likeness (QED) is 0.357. The predicted octanol–water partition coefficient (Wildman–Crippen LogP) is 3.32. The number of hydrogen-bond acceptors (Lipinski definition) is 4. The SMILES string of the molecule is C=CC(=O)OCCCCCCCOc1ccccc1C([O])=O. The summed E-state index contributed by atoms with van der Waals surface area (Å²) in [5.41, 5.74) is 0.0755. The van der Waals surface area contributed by atoms with Gasteiger partial charge < -0.3 is 9.47 Å². The summed E-state index contributed by atoms with van der Waals surface area (Å²) in [6.07, 6.45) is 5.78. The maximum atomic E-state index is 10.9. The molecule has 0 bridgehead atoms. The van der Waals surface area contributed by atoms with Crippen molar-refractivity contribution in [1.29, 1.82) is 0 Å². The number of unbranched alkanes of at least 4 members (excludes halogenated alkanes) is 4. The van der Waals surface area contributed by atoms with Crippen molar-refractivity contribution in [2.75, 3.05) is 13.2 Å². The molecule has 0 unspecified atom stereocenters. The van der Waals surface area contributed by atoms with Crippen molar-refractivity contribution < 1.29 is 24.2 Å². The van der Waals surface area contributed by atoms with Gasteiger partial charge >= 0.3 is 11.9 Å². The standard InChI is InChI=1S/C17H21O5/c1-2-16(18)22-13-9-5-3-4-8-12-21-15-11-7-6-10-14(15)17(19)20/h2,6-7,10-11H,1,3-5,8-9,12-13H2. The van der Waals surface area contributed by atoms with Gasteiger partial charge in [-0.05, 0) is 25.0 Å². The Morgan fingerprint density at radius 3 is 2.32 bits per heavy atom. The number of carbonyl (C=O) groups excluding carboxylic acids is 2. The van der Waals surface area contributed by atoms with E-state index in [0.717, 1.165) is 38.2 Å². The van der Waals surface area contributed by atoms with Crippen molar-refractivity contribution in [3.05, 3.63) is 42.5 Å². The molecule has 5 heteroatoms. The number of hydrogen-bond donors (Lipinski definition) is 0. The minimum absolute atomic E-state index is 0.0755. The monoisotopic (exact) mass is 305 g/mol. The molecule has 1 aromatic rings. The van der Waals surface area contributed by atoms with Crippen molar-refractivity contribution in [3.63, 3.8) is 0 Å². The van der Waals surface area contributed by atoms with Crippen molar-refractivity contribution in [2.45, 2.75) is 32.1 Å². The molecule has 22 heavy (non-hydrogen) atoms. The molecule has 5 nitrogen and oxygen atoms in total. The Morgan fingerprint density at radius 2 is 1.64 bits per heavy atom. The van der Waals surface area contributed by atoms with Gasteiger partial charge in [-0.25, -0.2) is 14.7 Å². The molecule has 0 saturated carbocycles. The van der Waals surface area contributed by atoms with Crippen LogP contribution in [0, 0.1) is 0 Å². The summed E-state index contributed by atoms with van der Waals surface area (Å²) in [6.45, 7) is 4.21. The zero-order chi connectivity index (χ0) is 16.2. The summed E-state index contributed by atoms with van der Waals surface area (Å²) >= 11 is 0. The van der Waals surface area contributed by atoms with Crippen LogP contribution >= 0.6 is 0 Å². The Morgan fingerprint density at radius 1 is 1.00 bits per heavy atom. The van der Waals surface area contributed by atoms with Crippen molar-refractivity contribution in [2.24, 2.45) is 0 Å². The van der Waals surface area contributed by atoms with Gasteiger partial charge in [0, 0.05) is 6.08 Å². The lowest BCUT2D eigenvalue weighted by Crippen LogP contribution is -2.04. The molecule has 0 aromatic heterocycles. The van der Waals surface area contributed by atoms with Crippen LogP contribution in [0.2, 0.25) is 0 Å².